The minimum atomic E-state index is -0.353. The van der Waals surface area contributed by atoms with Gasteiger partial charge in [-0.25, -0.2) is 0 Å². The van der Waals surface area contributed by atoms with E-state index in [1.165, 1.54) is 0 Å². The van der Waals surface area contributed by atoms with Crippen molar-refractivity contribution in [3.05, 3.63) is 34.3 Å². The molecule has 6 nitrogen and oxygen atoms in total. The number of hydrogen-bond acceptors (Lipinski definition) is 4. The fourth-order valence-electron chi connectivity index (χ4n) is 1.57. The summed E-state index contributed by atoms with van der Waals surface area (Å²) < 4.78 is 0. The fraction of sp³-hybridized carbons (Fsp3) is 0.333. The zero-order valence-corrected chi connectivity index (χ0v) is 11.3. The summed E-state index contributed by atoms with van der Waals surface area (Å²) in [7, 11) is 0. The summed E-state index contributed by atoms with van der Waals surface area (Å²) in [6.07, 6.45) is 0.264. The molecule has 0 fully saturated rings. The Morgan fingerprint density at radius 3 is 2.74 bits per heavy atom. The molecule has 0 aromatic heterocycles. The number of nitrogens with two attached hydrogens (primary N) is 2. The van der Waals surface area contributed by atoms with Crippen LogP contribution in [-0.2, 0) is 11.3 Å². The molecule has 0 heterocycles. The van der Waals surface area contributed by atoms with Crippen molar-refractivity contribution in [1.82, 2.24) is 5.32 Å². The quantitative estimate of drug-likeness (QED) is 0.268. The Hall–Kier alpha value is -1.79. The largest absolute Gasteiger partial charge is 0.409 e. The molecule has 0 aliphatic carbocycles. The van der Waals surface area contributed by atoms with Crippen molar-refractivity contribution in [2.75, 3.05) is 0 Å². The Kier molecular flexibility index (Phi) is 5.59. The van der Waals surface area contributed by atoms with Gasteiger partial charge in [0.25, 0.3) is 0 Å². The highest BCUT2D eigenvalue weighted by atomic mass is 35.5. The average Bonchev–Trinajstić information content (AvgIpc) is 2.35. The molecule has 19 heavy (non-hydrogen) atoms. The number of nitrogens with zero attached hydrogens (tertiary/aromatic N) is 1. The van der Waals surface area contributed by atoms with Gasteiger partial charge in [0, 0.05) is 29.6 Å². The van der Waals surface area contributed by atoms with Crippen LogP contribution in [0.25, 0.3) is 0 Å². The summed E-state index contributed by atoms with van der Waals surface area (Å²) in [5.74, 6) is -0.350. The SMILES string of the molecule is CC(CC(N)=O)NCc1ccc(/C(N)=N/O)cc1Cl. The minimum Gasteiger partial charge on any atom is -0.409 e. The van der Waals surface area contributed by atoms with Gasteiger partial charge in [-0.3, -0.25) is 4.79 Å². The monoisotopic (exact) mass is 284 g/mol. The summed E-state index contributed by atoms with van der Waals surface area (Å²) >= 11 is 6.10. The molecular formula is C12H17ClN4O2. The molecule has 6 N–H and O–H groups in total. The van der Waals surface area contributed by atoms with Crippen LogP contribution in [0, 0.1) is 0 Å². The van der Waals surface area contributed by atoms with Crippen molar-refractivity contribution in [1.29, 1.82) is 0 Å². The second kappa shape index (κ2) is 6.96. The van der Waals surface area contributed by atoms with Crippen LogP contribution in [-0.4, -0.2) is 23.0 Å². The van der Waals surface area contributed by atoms with Crippen molar-refractivity contribution < 1.29 is 10.0 Å². The number of nitrogens with one attached hydrogen (secondary N) is 1. The second-order valence-electron chi connectivity index (χ2n) is 4.24. The third-order valence-corrected chi connectivity index (χ3v) is 2.96. The van der Waals surface area contributed by atoms with Crippen LogP contribution >= 0.6 is 11.6 Å². The number of carbonyl (C=O) groups excluding carboxylic acids is 1. The van der Waals surface area contributed by atoms with Gasteiger partial charge in [0.05, 0.1) is 0 Å². The Labute approximate surface area is 116 Å². The van der Waals surface area contributed by atoms with E-state index in [0.29, 0.717) is 17.1 Å². The molecule has 7 heteroatoms. The molecule has 0 aliphatic heterocycles. The lowest BCUT2D eigenvalue weighted by Gasteiger charge is -2.13. The molecule has 1 amide bonds. The highest BCUT2D eigenvalue weighted by Crippen LogP contribution is 2.18. The number of amidine groups is 1. The summed E-state index contributed by atoms with van der Waals surface area (Å²) in [6, 6.07) is 5.07. The number of halogens is 1. The molecule has 1 rings (SSSR count). The van der Waals surface area contributed by atoms with E-state index in [1.54, 1.807) is 18.2 Å². The molecule has 0 saturated carbocycles. The molecule has 1 atom stereocenters. The third-order valence-electron chi connectivity index (χ3n) is 2.60. The zero-order chi connectivity index (χ0) is 14.4. The van der Waals surface area contributed by atoms with E-state index < -0.39 is 0 Å². The smallest absolute Gasteiger partial charge is 0.218 e. The Morgan fingerprint density at radius 1 is 1.53 bits per heavy atom. The van der Waals surface area contributed by atoms with E-state index in [1.807, 2.05) is 6.92 Å². The molecular weight excluding hydrogens is 268 g/mol. The maximum atomic E-state index is 10.7. The molecule has 0 spiro atoms. The second-order valence-corrected chi connectivity index (χ2v) is 4.65. The Balaban J connectivity index is 2.68. The average molecular weight is 285 g/mol. The lowest BCUT2D eigenvalue weighted by atomic mass is 10.1. The van der Waals surface area contributed by atoms with Gasteiger partial charge < -0.3 is 22.0 Å². The maximum Gasteiger partial charge on any atom is 0.218 e. The Bertz CT molecular complexity index is 491. The van der Waals surface area contributed by atoms with Gasteiger partial charge in [-0.15, -0.1) is 0 Å². The summed E-state index contributed by atoms with van der Waals surface area (Å²) in [5, 5.41) is 15.1. The van der Waals surface area contributed by atoms with Crippen molar-refractivity contribution in [3.8, 4) is 0 Å². The molecule has 0 bridgehead atoms. The van der Waals surface area contributed by atoms with Crippen LogP contribution in [0.1, 0.15) is 24.5 Å². The van der Waals surface area contributed by atoms with Crippen molar-refractivity contribution >= 4 is 23.3 Å². The molecule has 0 saturated heterocycles. The van der Waals surface area contributed by atoms with Gasteiger partial charge in [-0.2, -0.15) is 0 Å². The molecule has 0 radical (unpaired) electrons. The van der Waals surface area contributed by atoms with E-state index in [9.17, 15) is 4.79 Å². The minimum absolute atomic E-state index is 0.00325. The first-order valence-corrected chi connectivity index (χ1v) is 6.09. The number of benzene rings is 1. The van der Waals surface area contributed by atoms with Gasteiger partial charge in [0.15, 0.2) is 5.84 Å². The van der Waals surface area contributed by atoms with Gasteiger partial charge in [-0.1, -0.05) is 28.9 Å². The number of carbonyl (C=O) groups is 1. The van der Waals surface area contributed by atoms with Crippen LogP contribution in [0.2, 0.25) is 5.02 Å². The molecule has 104 valence electrons. The highest BCUT2D eigenvalue weighted by molar-refractivity contribution is 6.31. The Morgan fingerprint density at radius 2 is 2.21 bits per heavy atom. The fourth-order valence-corrected chi connectivity index (χ4v) is 1.81. The molecule has 1 unspecified atom stereocenters. The zero-order valence-electron chi connectivity index (χ0n) is 10.6. The molecule has 1 aromatic rings. The van der Waals surface area contributed by atoms with Crippen molar-refractivity contribution in [2.24, 2.45) is 16.6 Å². The van der Waals surface area contributed by atoms with E-state index in [0.717, 1.165) is 5.56 Å². The van der Waals surface area contributed by atoms with Gasteiger partial charge in [-0.05, 0) is 18.6 Å². The predicted octanol–water partition coefficient (Wildman–Crippen LogP) is 0.788. The van der Waals surface area contributed by atoms with Gasteiger partial charge in [0.2, 0.25) is 5.91 Å². The lowest BCUT2D eigenvalue weighted by molar-refractivity contribution is -0.118. The van der Waals surface area contributed by atoms with Crippen LogP contribution in [0.3, 0.4) is 0 Å². The number of primary amides is 1. The number of amides is 1. The van der Waals surface area contributed by atoms with E-state index in [2.05, 4.69) is 10.5 Å². The standard InChI is InChI=1S/C12H17ClN4O2/c1-7(4-11(14)18)16-6-9-3-2-8(5-10(9)13)12(15)17-19/h2-3,5,7,16,19H,4,6H2,1H3,(H2,14,18)(H2,15,17). The first kappa shape index (κ1) is 15.3. The van der Waals surface area contributed by atoms with Crippen molar-refractivity contribution in [3.63, 3.8) is 0 Å². The third kappa shape index (κ3) is 4.76. The van der Waals surface area contributed by atoms with Gasteiger partial charge in [0.1, 0.15) is 0 Å². The van der Waals surface area contributed by atoms with Crippen LogP contribution in [0.5, 0.6) is 0 Å². The van der Waals surface area contributed by atoms with E-state index >= 15 is 0 Å². The summed E-state index contributed by atoms with van der Waals surface area (Å²) in [5.41, 5.74) is 12.0. The van der Waals surface area contributed by atoms with Crippen LogP contribution in [0.4, 0.5) is 0 Å². The van der Waals surface area contributed by atoms with Crippen LogP contribution in [0.15, 0.2) is 23.4 Å². The van der Waals surface area contributed by atoms with Crippen LogP contribution < -0.4 is 16.8 Å². The normalized spacial score (nSPS) is 13.3. The first-order chi connectivity index (χ1) is 8.93. The topological polar surface area (TPSA) is 114 Å². The number of hydrogen-bond donors (Lipinski definition) is 4. The summed E-state index contributed by atoms with van der Waals surface area (Å²) in [4.78, 5) is 10.7. The van der Waals surface area contributed by atoms with E-state index in [4.69, 9.17) is 28.3 Å². The number of rotatable bonds is 6. The summed E-state index contributed by atoms with van der Waals surface area (Å²) in [6.45, 7) is 2.37. The van der Waals surface area contributed by atoms with Gasteiger partial charge >= 0.3 is 0 Å². The van der Waals surface area contributed by atoms with Crippen molar-refractivity contribution in [2.45, 2.75) is 25.9 Å². The predicted molar refractivity (Wildman–Crippen MR) is 74.1 cm³/mol. The van der Waals surface area contributed by atoms with E-state index in [-0.39, 0.29) is 24.2 Å². The molecule has 1 aromatic carbocycles. The lowest BCUT2D eigenvalue weighted by Crippen LogP contribution is -2.30. The number of oxime groups is 1. The first-order valence-electron chi connectivity index (χ1n) is 5.72. The highest BCUT2D eigenvalue weighted by Gasteiger charge is 2.08. The maximum absolute atomic E-state index is 10.7. The molecule has 0 aliphatic rings.